The summed E-state index contributed by atoms with van der Waals surface area (Å²) < 4.78 is 2.00. The van der Waals surface area contributed by atoms with E-state index < -0.39 is 0 Å². The molecule has 0 unspecified atom stereocenters. The first-order valence-corrected chi connectivity index (χ1v) is 8.90. The van der Waals surface area contributed by atoms with Crippen LogP contribution < -0.4 is 0 Å². The summed E-state index contributed by atoms with van der Waals surface area (Å²) >= 11 is 0. The van der Waals surface area contributed by atoms with Crippen molar-refractivity contribution in [2.75, 3.05) is 0 Å². The Morgan fingerprint density at radius 3 is 2.50 bits per heavy atom. The topological polar surface area (TPSA) is 41.1 Å². The number of imidazole rings is 1. The van der Waals surface area contributed by atoms with E-state index >= 15 is 0 Å². The van der Waals surface area contributed by atoms with E-state index in [2.05, 4.69) is 73.4 Å². The zero-order valence-electron chi connectivity index (χ0n) is 15.4. The number of nitrogens with zero attached hydrogens (tertiary/aromatic N) is 3. The van der Waals surface area contributed by atoms with E-state index in [1.807, 2.05) is 16.5 Å². The Morgan fingerprint density at radius 2 is 1.75 bits per heavy atom. The van der Waals surface area contributed by atoms with E-state index in [4.69, 9.17) is 0 Å². The molecule has 0 aliphatic carbocycles. The molecule has 0 saturated heterocycles. The third-order valence-electron chi connectivity index (χ3n) is 5.22. The largest absolute Gasteiger partial charge is 0.339 e. The summed E-state index contributed by atoms with van der Waals surface area (Å²) in [6.07, 6.45) is 1.80. The predicted octanol–water partition coefficient (Wildman–Crippen LogP) is 5.59. The Morgan fingerprint density at radius 1 is 1.00 bits per heavy atom. The van der Waals surface area contributed by atoms with Gasteiger partial charge in [0.1, 0.15) is 11.8 Å². The molecule has 0 N–H and O–H groups in total. The molecule has 1 radical (unpaired) electrons. The maximum absolute atomic E-state index is 9.35. The predicted molar refractivity (Wildman–Crippen MR) is 109 cm³/mol. The normalized spacial score (nSPS) is 10.9. The monoisotopic (exact) mass is 539 g/mol. The van der Waals surface area contributed by atoms with Crippen LogP contribution in [0.5, 0.6) is 0 Å². The van der Waals surface area contributed by atoms with Crippen molar-refractivity contribution < 1.29 is 20.1 Å². The molecule has 2 aromatic heterocycles. The van der Waals surface area contributed by atoms with Crippen molar-refractivity contribution in [1.82, 2.24) is 9.38 Å². The van der Waals surface area contributed by atoms with E-state index in [-0.39, 0.29) is 20.1 Å². The van der Waals surface area contributed by atoms with Crippen molar-refractivity contribution in [2.24, 2.45) is 0 Å². The molecule has 0 fully saturated rings. The molecule has 0 atom stereocenters. The maximum Gasteiger partial charge on any atom is 0.148 e. The van der Waals surface area contributed by atoms with E-state index in [9.17, 15) is 5.26 Å². The molecule has 0 aliphatic rings. The smallest absolute Gasteiger partial charge is 0.148 e. The summed E-state index contributed by atoms with van der Waals surface area (Å²) in [6.45, 7) is 4.30. The van der Waals surface area contributed by atoms with Gasteiger partial charge in [0.15, 0.2) is 0 Å². The summed E-state index contributed by atoms with van der Waals surface area (Å²) in [6, 6.07) is 24.3. The number of rotatable bonds is 1. The molecule has 4 heteroatoms. The molecule has 0 spiro atoms. The number of nitriles is 1. The van der Waals surface area contributed by atoms with Gasteiger partial charge in [0.2, 0.25) is 0 Å². The third kappa shape index (κ3) is 2.56. The van der Waals surface area contributed by atoms with Gasteiger partial charge in [0.25, 0.3) is 0 Å². The Kier molecular flexibility index (Phi) is 4.51. The fourth-order valence-corrected chi connectivity index (χ4v) is 4.09. The second-order valence-electron chi connectivity index (χ2n) is 6.86. The quantitative estimate of drug-likeness (QED) is 0.206. The first-order chi connectivity index (χ1) is 13.2. The average molecular weight is 539 g/mol. The second kappa shape index (κ2) is 6.87. The van der Waals surface area contributed by atoms with Crippen LogP contribution in [-0.4, -0.2) is 9.38 Å². The van der Waals surface area contributed by atoms with Gasteiger partial charge in [-0.05, 0) is 42.0 Å². The van der Waals surface area contributed by atoms with Crippen molar-refractivity contribution in [2.45, 2.75) is 13.8 Å². The maximum atomic E-state index is 9.35. The van der Waals surface area contributed by atoms with Gasteiger partial charge in [-0.3, -0.25) is 4.98 Å². The van der Waals surface area contributed by atoms with Crippen LogP contribution in [0.2, 0.25) is 0 Å². The standard InChI is InChI=1S/C24H16N3.Ir/c1-15-7-5-8-16(2)22(15)19-10-6-11-20-23(19)18-9-3-4-12-21(18)27-14-17(13-25)26-24(20)27;/h3-10,12,14H,1-2H3;/q-1;. The molecule has 2 heterocycles. The Hall–Kier alpha value is -2.99. The van der Waals surface area contributed by atoms with Crippen molar-refractivity contribution >= 4 is 27.3 Å². The van der Waals surface area contributed by atoms with E-state index in [0.29, 0.717) is 5.69 Å². The minimum atomic E-state index is 0. The van der Waals surface area contributed by atoms with Crippen LogP contribution in [-0.2, 0) is 20.1 Å². The number of pyridine rings is 1. The van der Waals surface area contributed by atoms with Gasteiger partial charge in [-0.2, -0.15) is 5.26 Å². The van der Waals surface area contributed by atoms with Crippen LogP contribution in [0.15, 0.2) is 60.8 Å². The summed E-state index contributed by atoms with van der Waals surface area (Å²) in [5, 5.41) is 12.6. The Bertz CT molecular complexity index is 1390. The first kappa shape index (κ1) is 18.4. The average Bonchev–Trinajstić information content (AvgIpc) is 3.13. The van der Waals surface area contributed by atoms with Crippen molar-refractivity contribution in [3.63, 3.8) is 0 Å². The molecule has 0 saturated carbocycles. The molecule has 5 aromatic rings. The van der Waals surface area contributed by atoms with Gasteiger partial charge in [0, 0.05) is 31.8 Å². The molecule has 0 amide bonds. The summed E-state index contributed by atoms with van der Waals surface area (Å²) in [5.41, 5.74) is 7.14. The van der Waals surface area contributed by atoms with Gasteiger partial charge in [0.05, 0.1) is 5.65 Å². The van der Waals surface area contributed by atoms with Gasteiger partial charge >= 0.3 is 0 Å². The number of fused-ring (bicyclic) bond motifs is 6. The second-order valence-corrected chi connectivity index (χ2v) is 6.86. The molecular formula is C24H16IrN3-. The van der Waals surface area contributed by atoms with Gasteiger partial charge in [-0.1, -0.05) is 52.7 Å². The zero-order chi connectivity index (χ0) is 18.5. The van der Waals surface area contributed by atoms with Crippen LogP contribution in [0.4, 0.5) is 0 Å². The van der Waals surface area contributed by atoms with Crippen LogP contribution in [0.1, 0.15) is 16.8 Å². The van der Waals surface area contributed by atoms with Gasteiger partial charge in [-0.25, -0.2) is 0 Å². The van der Waals surface area contributed by atoms with Gasteiger partial charge < -0.3 is 4.40 Å². The SMILES string of the molecule is Cc1cccc(C)c1-c1cc[c-]c2c1c1ccccc1n1cc(C#N)nc21.[Ir]. The molecule has 3 aromatic carbocycles. The molecule has 3 nitrogen and oxygen atoms in total. The minimum Gasteiger partial charge on any atom is -0.339 e. The molecular weight excluding hydrogens is 523 g/mol. The van der Waals surface area contributed by atoms with Crippen LogP contribution in [0.3, 0.4) is 0 Å². The van der Waals surface area contributed by atoms with Crippen LogP contribution in [0, 0.1) is 31.2 Å². The summed E-state index contributed by atoms with van der Waals surface area (Å²) in [4.78, 5) is 4.56. The van der Waals surface area contributed by atoms with Gasteiger partial charge in [-0.15, -0.1) is 18.2 Å². The number of para-hydroxylation sites is 1. The minimum absolute atomic E-state index is 0. The number of hydrogen-bond donors (Lipinski definition) is 0. The number of hydrogen-bond acceptors (Lipinski definition) is 2. The third-order valence-corrected chi connectivity index (χ3v) is 5.22. The summed E-state index contributed by atoms with van der Waals surface area (Å²) in [7, 11) is 0. The van der Waals surface area contributed by atoms with Crippen LogP contribution >= 0.6 is 0 Å². The number of aromatic nitrogens is 2. The number of benzene rings is 3. The fraction of sp³-hybridized carbons (Fsp3) is 0.0833. The Balaban J connectivity index is 0.00000192. The van der Waals surface area contributed by atoms with Crippen molar-refractivity contribution in [3.05, 3.63) is 83.7 Å². The fourth-order valence-electron chi connectivity index (χ4n) is 4.09. The molecule has 0 bridgehead atoms. The first-order valence-electron chi connectivity index (χ1n) is 8.90. The molecule has 137 valence electrons. The van der Waals surface area contributed by atoms with E-state index in [0.717, 1.165) is 27.3 Å². The Labute approximate surface area is 176 Å². The van der Waals surface area contributed by atoms with Crippen LogP contribution in [0.25, 0.3) is 38.4 Å². The molecule has 28 heavy (non-hydrogen) atoms. The summed E-state index contributed by atoms with van der Waals surface area (Å²) in [5.74, 6) is 0. The zero-order valence-corrected chi connectivity index (χ0v) is 17.8. The van der Waals surface area contributed by atoms with E-state index in [1.165, 1.54) is 22.3 Å². The van der Waals surface area contributed by atoms with Crippen molar-refractivity contribution in [3.8, 4) is 17.2 Å². The van der Waals surface area contributed by atoms with Crippen molar-refractivity contribution in [1.29, 1.82) is 5.26 Å². The van der Waals surface area contributed by atoms with E-state index in [1.54, 1.807) is 6.20 Å². The molecule has 0 aliphatic heterocycles. The molecule has 5 rings (SSSR count). The number of aryl methyl sites for hydroxylation is 2.